The van der Waals surface area contributed by atoms with Crippen LogP contribution in [0.1, 0.15) is 17.5 Å². The molecule has 19 heavy (non-hydrogen) atoms. The highest BCUT2D eigenvalue weighted by molar-refractivity contribution is 5.85. The van der Waals surface area contributed by atoms with Crippen LogP contribution < -0.4 is 0 Å². The number of rotatable bonds is 3. The Kier molecular flexibility index (Phi) is 3.03. The van der Waals surface area contributed by atoms with Gasteiger partial charge in [0.2, 0.25) is 5.91 Å². The van der Waals surface area contributed by atoms with Gasteiger partial charge in [-0.2, -0.15) is 0 Å². The van der Waals surface area contributed by atoms with E-state index in [0.717, 1.165) is 11.9 Å². The third-order valence-electron chi connectivity index (χ3n) is 3.75. The average molecular weight is 258 g/mol. The summed E-state index contributed by atoms with van der Waals surface area (Å²) in [6, 6.07) is 6.30. The highest BCUT2D eigenvalue weighted by Crippen LogP contribution is 2.21. The average Bonchev–Trinajstić information content (AvgIpc) is 2.74. The van der Waals surface area contributed by atoms with Gasteiger partial charge in [-0.1, -0.05) is 11.6 Å². The van der Waals surface area contributed by atoms with Crippen molar-refractivity contribution in [2.24, 2.45) is 0 Å². The molecule has 2 N–H and O–H groups in total. The van der Waals surface area contributed by atoms with Gasteiger partial charge in [-0.3, -0.25) is 4.79 Å². The van der Waals surface area contributed by atoms with Crippen LogP contribution >= 0.6 is 0 Å². The van der Waals surface area contributed by atoms with Gasteiger partial charge in [0, 0.05) is 36.6 Å². The van der Waals surface area contributed by atoms with Gasteiger partial charge in [-0.25, -0.2) is 0 Å². The van der Waals surface area contributed by atoms with E-state index in [9.17, 15) is 9.90 Å². The van der Waals surface area contributed by atoms with Crippen LogP contribution in [0.3, 0.4) is 0 Å². The number of fused-ring (bicyclic) bond motifs is 1. The molecule has 3 rings (SSSR count). The Morgan fingerprint density at radius 2 is 2.26 bits per heavy atom. The fraction of sp³-hybridized carbons (Fsp3) is 0.400. The number of hydrogen-bond acceptors (Lipinski definition) is 2. The zero-order valence-electron chi connectivity index (χ0n) is 11.0. The summed E-state index contributed by atoms with van der Waals surface area (Å²) >= 11 is 0. The summed E-state index contributed by atoms with van der Waals surface area (Å²) in [6.07, 6.45) is 2.92. The number of likely N-dealkylation sites (tertiary alicyclic amines) is 1. The maximum absolute atomic E-state index is 11.9. The lowest BCUT2D eigenvalue weighted by atomic mass is 10.0. The number of aliphatic hydroxyl groups excluding tert-OH is 1. The number of nitrogens with one attached hydrogen (secondary N) is 1. The Morgan fingerprint density at radius 3 is 3.00 bits per heavy atom. The fourth-order valence-electron chi connectivity index (χ4n) is 2.56. The number of carbonyl (C=O) groups excluding carboxylic acids is 1. The molecule has 0 atom stereocenters. The number of carbonyl (C=O) groups is 1. The number of β-amino-alcohol motifs (C(OH)–C–C–N with tert-alkyl or cyclic N) is 1. The second kappa shape index (κ2) is 4.70. The maximum atomic E-state index is 11.9. The molecule has 1 amide bonds. The number of aliphatic hydroxyl groups is 1. The van der Waals surface area contributed by atoms with Crippen molar-refractivity contribution in [1.29, 1.82) is 0 Å². The van der Waals surface area contributed by atoms with E-state index in [-0.39, 0.29) is 12.0 Å². The molecule has 0 aliphatic carbocycles. The number of benzene rings is 1. The van der Waals surface area contributed by atoms with E-state index in [1.807, 2.05) is 6.20 Å². The van der Waals surface area contributed by atoms with E-state index < -0.39 is 0 Å². The van der Waals surface area contributed by atoms with Crippen LogP contribution in [0.2, 0.25) is 0 Å². The minimum absolute atomic E-state index is 0.132. The maximum Gasteiger partial charge on any atom is 0.223 e. The summed E-state index contributed by atoms with van der Waals surface area (Å²) in [5.74, 6) is 0.132. The van der Waals surface area contributed by atoms with Crippen molar-refractivity contribution in [3.63, 3.8) is 0 Å². The number of aryl methyl sites for hydroxylation is 2. The monoisotopic (exact) mass is 258 g/mol. The van der Waals surface area contributed by atoms with Crippen molar-refractivity contribution < 1.29 is 9.90 Å². The highest BCUT2D eigenvalue weighted by Gasteiger charge is 2.28. The SMILES string of the molecule is Cc1ccc2[nH]cc(CCC(=O)N3CC(O)C3)c2c1. The Balaban J connectivity index is 1.68. The van der Waals surface area contributed by atoms with E-state index in [2.05, 4.69) is 30.1 Å². The highest BCUT2D eigenvalue weighted by atomic mass is 16.3. The molecule has 0 radical (unpaired) electrons. The topological polar surface area (TPSA) is 56.3 Å². The first kappa shape index (κ1) is 12.2. The van der Waals surface area contributed by atoms with E-state index in [0.29, 0.717) is 19.5 Å². The molecule has 2 heterocycles. The minimum Gasteiger partial charge on any atom is -0.389 e. The van der Waals surface area contributed by atoms with E-state index in [1.165, 1.54) is 16.5 Å². The lowest BCUT2D eigenvalue weighted by Gasteiger charge is -2.35. The summed E-state index contributed by atoms with van der Waals surface area (Å²) in [7, 11) is 0. The predicted octanol–water partition coefficient (Wildman–Crippen LogP) is 1.61. The Bertz CT molecular complexity index is 612. The van der Waals surface area contributed by atoms with Crippen LogP contribution in [-0.2, 0) is 11.2 Å². The Labute approximate surface area is 112 Å². The number of aromatic nitrogens is 1. The van der Waals surface area contributed by atoms with Gasteiger partial charge >= 0.3 is 0 Å². The number of aromatic amines is 1. The smallest absolute Gasteiger partial charge is 0.223 e. The molecule has 1 aromatic carbocycles. The first-order chi connectivity index (χ1) is 9.13. The second-order valence-electron chi connectivity index (χ2n) is 5.32. The molecule has 0 bridgehead atoms. The molecule has 4 nitrogen and oxygen atoms in total. The minimum atomic E-state index is -0.320. The molecule has 0 unspecified atom stereocenters. The first-order valence-electron chi connectivity index (χ1n) is 6.66. The molecule has 1 fully saturated rings. The molecule has 4 heteroatoms. The number of amides is 1. The van der Waals surface area contributed by atoms with Crippen molar-refractivity contribution in [3.8, 4) is 0 Å². The van der Waals surface area contributed by atoms with Crippen molar-refractivity contribution in [2.45, 2.75) is 25.9 Å². The summed E-state index contributed by atoms with van der Waals surface area (Å²) < 4.78 is 0. The quantitative estimate of drug-likeness (QED) is 0.879. The third kappa shape index (κ3) is 2.36. The van der Waals surface area contributed by atoms with Gasteiger partial charge in [0.25, 0.3) is 0 Å². The molecule has 1 aliphatic rings. The molecule has 100 valence electrons. The van der Waals surface area contributed by atoms with Crippen LogP contribution in [0.15, 0.2) is 24.4 Å². The lowest BCUT2D eigenvalue weighted by molar-refractivity contribution is -0.141. The van der Waals surface area contributed by atoms with Crippen LogP contribution in [0.4, 0.5) is 0 Å². The molecular formula is C15H18N2O2. The normalized spacial score (nSPS) is 15.8. The molecule has 1 saturated heterocycles. The molecule has 0 saturated carbocycles. The molecule has 0 spiro atoms. The molecule has 1 aromatic heterocycles. The van der Waals surface area contributed by atoms with Crippen LogP contribution in [0.25, 0.3) is 10.9 Å². The third-order valence-corrected chi connectivity index (χ3v) is 3.75. The van der Waals surface area contributed by atoms with E-state index in [4.69, 9.17) is 0 Å². The fourth-order valence-corrected chi connectivity index (χ4v) is 2.56. The van der Waals surface area contributed by atoms with Crippen molar-refractivity contribution in [2.75, 3.05) is 13.1 Å². The van der Waals surface area contributed by atoms with Gasteiger partial charge < -0.3 is 15.0 Å². The van der Waals surface area contributed by atoms with Crippen molar-refractivity contribution in [3.05, 3.63) is 35.5 Å². The van der Waals surface area contributed by atoms with Crippen LogP contribution in [0, 0.1) is 6.92 Å². The number of hydrogen-bond donors (Lipinski definition) is 2. The molecule has 1 aliphatic heterocycles. The van der Waals surface area contributed by atoms with Crippen molar-refractivity contribution in [1.82, 2.24) is 9.88 Å². The molecule has 2 aromatic rings. The predicted molar refractivity (Wildman–Crippen MR) is 73.9 cm³/mol. The summed E-state index contributed by atoms with van der Waals surface area (Å²) in [5.41, 5.74) is 3.53. The summed E-state index contributed by atoms with van der Waals surface area (Å²) in [6.45, 7) is 3.06. The van der Waals surface area contributed by atoms with Crippen LogP contribution in [-0.4, -0.2) is 40.1 Å². The Morgan fingerprint density at radius 1 is 1.47 bits per heavy atom. The second-order valence-corrected chi connectivity index (χ2v) is 5.32. The van der Waals surface area contributed by atoms with Gasteiger partial charge in [0.1, 0.15) is 0 Å². The van der Waals surface area contributed by atoms with Crippen LogP contribution in [0.5, 0.6) is 0 Å². The number of H-pyrrole nitrogens is 1. The van der Waals surface area contributed by atoms with Crippen molar-refractivity contribution >= 4 is 16.8 Å². The van der Waals surface area contributed by atoms with Gasteiger partial charge in [0.15, 0.2) is 0 Å². The van der Waals surface area contributed by atoms with Gasteiger partial charge in [-0.15, -0.1) is 0 Å². The lowest BCUT2D eigenvalue weighted by Crippen LogP contribution is -2.53. The largest absolute Gasteiger partial charge is 0.389 e. The Hall–Kier alpha value is -1.81. The number of nitrogens with zero attached hydrogens (tertiary/aromatic N) is 1. The summed E-state index contributed by atoms with van der Waals surface area (Å²) in [5, 5.41) is 10.4. The zero-order valence-corrected chi connectivity index (χ0v) is 11.0. The zero-order chi connectivity index (χ0) is 13.4. The standard InChI is InChI=1S/C15H18N2O2/c1-10-2-4-14-13(6-10)11(7-16-14)3-5-15(19)17-8-12(18)9-17/h2,4,6-7,12,16,18H,3,5,8-9H2,1H3. The van der Waals surface area contributed by atoms with Gasteiger partial charge in [-0.05, 0) is 31.0 Å². The van der Waals surface area contributed by atoms with E-state index in [1.54, 1.807) is 4.90 Å². The first-order valence-corrected chi connectivity index (χ1v) is 6.66. The van der Waals surface area contributed by atoms with Gasteiger partial charge in [0.05, 0.1) is 6.10 Å². The summed E-state index contributed by atoms with van der Waals surface area (Å²) in [4.78, 5) is 16.8. The molecular weight excluding hydrogens is 240 g/mol. The van der Waals surface area contributed by atoms with E-state index >= 15 is 0 Å².